The van der Waals surface area contributed by atoms with Crippen LogP contribution in [0.2, 0.25) is 0 Å². The molecular weight excluding hydrogens is 132 g/mol. The first kappa shape index (κ1) is 8.70. The van der Waals surface area contributed by atoms with Gasteiger partial charge in [0.05, 0.1) is 0 Å². The molecule has 0 amide bonds. The van der Waals surface area contributed by atoms with Crippen LogP contribution in [0, 0.1) is 17.8 Å². The van der Waals surface area contributed by atoms with E-state index < -0.39 is 5.97 Å². The van der Waals surface area contributed by atoms with E-state index in [1.807, 2.05) is 5.92 Å². The Kier molecular flexibility index (Phi) is 3.20. The number of carboxylic acids is 1. The lowest BCUT2D eigenvalue weighted by Crippen LogP contribution is -2.03. The van der Waals surface area contributed by atoms with Gasteiger partial charge in [-0.15, -0.1) is 0 Å². The van der Waals surface area contributed by atoms with Gasteiger partial charge in [0.2, 0.25) is 5.78 Å². The Labute approximate surface area is 59.0 Å². The standard InChI is InChI=1S/C7H8O3/c1-5(2)6(8)3-4-7(9)10/h5H,1-2H3,(H,9,10). The van der Waals surface area contributed by atoms with Crippen molar-refractivity contribution in [2.45, 2.75) is 13.8 Å². The average Bonchev–Trinajstić information content (AvgIpc) is 1.82. The van der Waals surface area contributed by atoms with Crippen molar-refractivity contribution in [3.63, 3.8) is 0 Å². The number of hydrogen-bond acceptors (Lipinski definition) is 2. The summed E-state index contributed by atoms with van der Waals surface area (Å²) in [5, 5.41) is 8.02. The van der Waals surface area contributed by atoms with Gasteiger partial charge in [-0.05, 0) is 5.92 Å². The minimum Gasteiger partial charge on any atom is -0.472 e. The summed E-state index contributed by atoms with van der Waals surface area (Å²) in [6.07, 6.45) is 0. The van der Waals surface area contributed by atoms with Crippen molar-refractivity contribution >= 4 is 11.8 Å². The van der Waals surface area contributed by atoms with Crippen LogP contribution in [0.25, 0.3) is 0 Å². The molecule has 0 spiro atoms. The van der Waals surface area contributed by atoms with Crippen LogP contribution in [0.4, 0.5) is 0 Å². The molecule has 0 saturated heterocycles. The molecule has 0 atom stereocenters. The Balaban J connectivity index is 4.06. The molecule has 3 heteroatoms. The molecule has 0 aromatic heterocycles. The maximum absolute atomic E-state index is 10.6. The van der Waals surface area contributed by atoms with Gasteiger partial charge < -0.3 is 5.11 Å². The monoisotopic (exact) mass is 140 g/mol. The molecule has 0 radical (unpaired) electrons. The van der Waals surface area contributed by atoms with Crippen LogP contribution in [-0.4, -0.2) is 16.9 Å². The summed E-state index contributed by atoms with van der Waals surface area (Å²) in [7, 11) is 0. The van der Waals surface area contributed by atoms with E-state index in [0.29, 0.717) is 0 Å². The van der Waals surface area contributed by atoms with Crippen molar-refractivity contribution in [3.05, 3.63) is 0 Å². The molecule has 0 aliphatic carbocycles. The third-order valence-corrected chi connectivity index (χ3v) is 0.817. The zero-order valence-electron chi connectivity index (χ0n) is 5.84. The first-order chi connectivity index (χ1) is 4.54. The molecule has 0 heterocycles. The minimum absolute atomic E-state index is 0.216. The van der Waals surface area contributed by atoms with Gasteiger partial charge in [-0.25, -0.2) is 4.79 Å². The van der Waals surface area contributed by atoms with Crippen LogP contribution in [0.15, 0.2) is 0 Å². The fraction of sp³-hybridized carbons (Fsp3) is 0.429. The molecule has 54 valence electrons. The smallest absolute Gasteiger partial charge is 0.382 e. The van der Waals surface area contributed by atoms with E-state index in [-0.39, 0.29) is 11.7 Å². The van der Waals surface area contributed by atoms with Gasteiger partial charge in [0.15, 0.2) is 0 Å². The van der Waals surface area contributed by atoms with Crippen molar-refractivity contribution in [2.75, 3.05) is 0 Å². The van der Waals surface area contributed by atoms with E-state index in [0.717, 1.165) is 0 Å². The highest BCUT2D eigenvalue weighted by molar-refractivity contribution is 6.02. The second kappa shape index (κ2) is 3.67. The summed E-state index contributed by atoms with van der Waals surface area (Å²) in [5.41, 5.74) is 0. The fourth-order valence-corrected chi connectivity index (χ4v) is 0.259. The number of aliphatic carboxylic acids is 1. The van der Waals surface area contributed by atoms with Crippen LogP contribution in [0.5, 0.6) is 0 Å². The first-order valence-corrected chi connectivity index (χ1v) is 2.83. The molecule has 0 unspecified atom stereocenters. The van der Waals surface area contributed by atoms with E-state index in [1.54, 1.807) is 19.8 Å². The predicted molar refractivity (Wildman–Crippen MR) is 35.3 cm³/mol. The summed E-state index contributed by atoms with van der Waals surface area (Å²) in [5.74, 6) is 1.91. The van der Waals surface area contributed by atoms with Crippen LogP contribution >= 0.6 is 0 Å². The van der Waals surface area contributed by atoms with E-state index in [9.17, 15) is 9.59 Å². The van der Waals surface area contributed by atoms with E-state index in [4.69, 9.17) is 5.11 Å². The van der Waals surface area contributed by atoms with Crippen molar-refractivity contribution in [3.8, 4) is 11.8 Å². The highest BCUT2D eigenvalue weighted by atomic mass is 16.4. The van der Waals surface area contributed by atoms with E-state index >= 15 is 0 Å². The predicted octanol–water partition coefficient (Wildman–Crippen LogP) is 0.299. The van der Waals surface area contributed by atoms with Gasteiger partial charge in [-0.3, -0.25) is 4.79 Å². The molecule has 0 saturated carbocycles. The maximum Gasteiger partial charge on any atom is 0.382 e. The van der Waals surface area contributed by atoms with Crippen molar-refractivity contribution < 1.29 is 14.7 Å². The van der Waals surface area contributed by atoms with Crippen LogP contribution < -0.4 is 0 Å². The third kappa shape index (κ3) is 3.67. The highest BCUT2D eigenvalue weighted by Crippen LogP contribution is 1.90. The van der Waals surface area contributed by atoms with Gasteiger partial charge in [-0.1, -0.05) is 13.8 Å². The molecule has 0 bridgehead atoms. The normalized spacial score (nSPS) is 8.30. The van der Waals surface area contributed by atoms with Crippen LogP contribution in [-0.2, 0) is 9.59 Å². The van der Waals surface area contributed by atoms with Gasteiger partial charge >= 0.3 is 5.97 Å². The third-order valence-electron chi connectivity index (χ3n) is 0.817. The Morgan fingerprint density at radius 2 is 1.80 bits per heavy atom. The first-order valence-electron chi connectivity index (χ1n) is 2.83. The number of carboxylic acid groups (broad SMARTS) is 1. The molecule has 0 aliphatic heterocycles. The summed E-state index contributed by atoms with van der Waals surface area (Å²) in [6.45, 7) is 3.33. The SMILES string of the molecule is CC(C)C(=O)C#CC(=O)O. The maximum atomic E-state index is 10.6. The summed E-state index contributed by atoms with van der Waals surface area (Å²) >= 11 is 0. The summed E-state index contributed by atoms with van der Waals surface area (Å²) in [6, 6.07) is 0. The van der Waals surface area contributed by atoms with Crippen molar-refractivity contribution in [1.29, 1.82) is 0 Å². The number of rotatable bonds is 1. The Morgan fingerprint density at radius 3 is 2.10 bits per heavy atom. The lowest BCUT2D eigenvalue weighted by Gasteiger charge is -1.90. The average molecular weight is 140 g/mol. The van der Waals surface area contributed by atoms with Crippen LogP contribution in [0.1, 0.15) is 13.8 Å². The summed E-state index contributed by atoms with van der Waals surface area (Å²) < 4.78 is 0. The molecule has 1 N–H and O–H groups in total. The Morgan fingerprint density at radius 1 is 1.30 bits per heavy atom. The largest absolute Gasteiger partial charge is 0.472 e. The quantitative estimate of drug-likeness (QED) is 0.421. The van der Waals surface area contributed by atoms with Gasteiger partial charge in [0, 0.05) is 11.8 Å². The molecule has 0 fully saturated rings. The second-order valence-electron chi connectivity index (χ2n) is 2.07. The summed E-state index contributed by atoms with van der Waals surface area (Å²) in [4.78, 5) is 20.4. The molecule has 0 rings (SSSR count). The molecule has 3 nitrogen and oxygen atoms in total. The molecule has 0 aliphatic rings. The van der Waals surface area contributed by atoms with Crippen molar-refractivity contribution in [2.24, 2.45) is 5.92 Å². The van der Waals surface area contributed by atoms with Gasteiger partial charge in [0.25, 0.3) is 0 Å². The number of ketones is 1. The molecule has 10 heavy (non-hydrogen) atoms. The molecular formula is C7H8O3. The molecule has 0 aromatic carbocycles. The number of Topliss-reactive ketones (excluding diaryl/α,β-unsaturated/α-hetero) is 1. The van der Waals surface area contributed by atoms with E-state index in [2.05, 4.69) is 0 Å². The lowest BCUT2D eigenvalue weighted by molar-refractivity contribution is -0.130. The zero-order valence-corrected chi connectivity index (χ0v) is 5.84. The second-order valence-corrected chi connectivity index (χ2v) is 2.07. The lowest BCUT2D eigenvalue weighted by atomic mass is 10.1. The van der Waals surface area contributed by atoms with Crippen LogP contribution in [0.3, 0.4) is 0 Å². The molecule has 0 aromatic rings. The fourth-order valence-electron chi connectivity index (χ4n) is 0.259. The Hall–Kier alpha value is -1.30. The van der Waals surface area contributed by atoms with Gasteiger partial charge in [-0.2, -0.15) is 0 Å². The minimum atomic E-state index is -1.27. The highest BCUT2D eigenvalue weighted by Gasteiger charge is 2.01. The van der Waals surface area contributed by atoms with Gasteiger partial charge in [0.1, 0.15) is 0 Å². The van der Waals surface area contributed by atoms with Crippen molar-refractivity contribution in [1.82, 2.24) is 0 Å². The number of carbonyl (C=O) groups excluding carboxylic acids is 1. The topological polar surface area (TPSA) is 54.4 Å². The number of carbonyl (C=O) groups is 2. The number of hydrogen-bond donors (Lipinski definition) is 1. The Bertz CT molecular complexity index is 205. The van der Waals surface area contributed by atoms with E-state index in [1.165, 1.54) is 0 Å². The zero-order chi connectivity index (χ0) is 8.15.